The number of aromatic nitrogens is 4. The van der Waals surface area contributed by atoms with Gasteiger partial charge >= 0.3 is 0 Å². The molecule has 84 valence electrons. The minimum Gasteiger partial charge on any atom is -0.379 e. The molecule has 0 bridgehead atoms. The van der Waals surface area contributed by atoms with Crippen molar-refractivity contribution >= 4 is 16.6 Å². The molecule has 5 nitrogen and oxygen atoms in total. The van der Waals surface area contributed by atoms with E-state index in [0.717, 1.165) is 22.3 Å². The summed E-state index contributed by atoms with van der Waals surface area (Å²) in [6.07, 6.45) is 5.10. The average molecular weight is 225 g/mol. The molecule has 0 unspecified atom stereocenters. The second-order valence-electron chi connectivity index (χ2n) is 3.73. The Labute approximate surface area is 97.9 Å². The molecule has 0 spiro atoms. The Hall–Kier alpha value is -2.43. The van der Waals surface area contributed by atoms with Gasteiger partial charge in [-0.05, 0) is 24.3 Å². The van der Waals surface area contributed by atoms with Gasteiger partial charge < -0.3 is 5.32 Å². The van der Waals surface area contributed by atoms with Crippen LogP contribution in [0.2, 0.25) is 0 Å². The second kappa shape index (κ2) is 4.21. The first-order valence-electron chi connectivity index (χ1n) is 5.34. The first kappa shape index (κ1) is 9.77. The number of hydrogen-bond acceptors (Lipinski definition) is 4. The maximum absolute atomic E-state index is 4.15. The number of hydrogen-bond donors (Lipinski definition) is 2. The van der Waals surface area contributed by atoms with Crippen LogP contribution in [0, 0.1) is 0 Å². The molecule has 2 N–H and O–H groups in total. The molecule has 0 aliphatic carbocycles. The molecule has 0 aliphatic rings. The van der Waals surface area contributed by atoms with Crippen molar-refractivity contribution in [1.29, 1.82) is 0 Å². The molecule has 0 saturated heterocycles. The molecule has 0 aliphatic heterocycles. The first-order valence-corrected chi connectivity index (χ1v) is 5.34. The fraction of sp³-hybridized carbons (Fsp3) is 0.0833. The van der Waals surface area contributed by atoms with E-state index in [-0.39, 0.29) is 0 Å². The topological polar surface area (TPSA) is 66.5 Å². The number of nitrogens with zero attached hydrogens (tertiary/aromatic N) is 3. The minimum atomic E-state index is 0.686. The van der Waals surface area contributed by atoms with Crippen LogP contribution in [-0.4, -0.2) is 20.2 Å². The van der Waals surface area contributed by atoms with Crippen LogP contribution in [0.25, 0.3) is 10.9 Å². The number of rotatable bonds is 3. The summed E-state index contributed by atoms with van der Waals surface area (Å²) >= 11 is 0. The second-order valence-corrected chi connectivity index (χ2v) is 3.73. The summed E-state index contributed by atoms with van der Waals surface area (Å²) in [5, 5.41) is 11.3. The van der Waals surface area contributed by atoms with Gasteiger partial charge in [0.1, 0.15) is 6.33 Å². The first-order chi connectivity index (χ1) is 8.42. The van der Waals surface area contributed by atoms with Crippen molar-refractivity contribution in [3.8, 4) is 0 Å². The fourth-order valence-electron chi connectivity index (χ4n) is 1.67. The molecule has 0 amide bonds. The van der Waals surface area contributed by atoms with Crippen LogP contribution in [0.3, 0.4) is 0 Å². The van der Waals surface area contributed by atoms with Gasteiger partial charge in [0.05, 0.1) is 24.0 Å². The Balaban J connectivity index is 1.76. The molecule has 5 heteroatoms. The van der Waals surface area contributed by atoms with Crippen LogP contribution >= 0.6 is 0 Å². The number of benzene rings is 1. The quantitative estimate of drug-likeness (QED) is 0.715. The smallest absolute Gasteiger partial charge is 0.115 e. The Morgan fingerprint density at radius 1 is 1.24 bits per heavy atom. The third kappa shape index (κ3) is 2.08. The van der Waals surface area contributed by atoms with Gasteiger partial charge in [0, 0.05) is 17.3 Å². The van der Waals surface area contributed by atoms with Gasteiger partial charge in [-0.2, -0.15) is 5.10 Å². The number of nitrogens with one attached hydrogen (secondary N) is 2. The summed E-state index contributed by atoms with van der Waals surface area (Å²) in [5.41, 5.74) is 3.06. The zero-order valence-electron chi connectivity index (χ0n) is 9.09. The van der Waals surface area contributed by atoms with Gasteiger partial charge in [0.15, 0.2) is 0 Å². The number of anilines is 1. The van der Waals surface area contributed by atoms with E-state index in [9.17, 15) is 0 Å². The molecule has 2 heterocycles. The fourth-order valence-corrected chi connectivity index (χ4v) is 1.67. The Morgan fingerprint density at radius 3 is 3.12 bits per heavy atom. The van der Waals surface area contributed by atoms with Crippen molar-refractivity contribution in [3.05, 3.63) is 48.7 Å². The molecule has 3 aromatic rings. The van der Waals surface area contributed by atoms with Crippen molar-refractivity contribution in [2.24, 2.45) is 0 Å². The third-order valence-corrected chi connectivity index (χ3v) is 2.56. The van der Waals surface area contributed by atoms with Crippen LogP contribution in [0.15, 0.2) is 43.0 Å². The van der Waals surface area contributed by atoms with Gasteiger partial charge in [-0.1, -0.05) is 0 Å². The van der Waals surface area contributed by atoms with Crippen molar-refractivity contribution < 1.29 is 0 Å². The maximum atomic E-state index is 4.15. The van der Waals surface area contributed by atoms with Crippen LogP contribution in [0.5, 0.6) is 0 Å². The summed E-state index contributed by atoms with van der Waals surface area (Å²) in [5.74, 6) is 0. The highest BCUT2D eigenvalue weighted by Gasteiger charge is 1.98. The number of aromatic amines is 1. The number of H-pyrrole nitrogens is 1. The third-order valence-electron chi connectivity index (χ3n) is 2.56. The minimum absolute atomic E-state index is 0.686. The molecule has 0 atom stereocenters. The van der Waals surface area contributed by atoms with Gasteiger partial charge in [0.25, 0.3) is 0 Å². The van der Waals surface area contributed by atoms with Crippen LogP contribution in [0.1, 0.15) is 5.69 Å². The molecule has 1 aromatic carbocycles. The van der Waals surface area contributed by atoms with E-state index in [1.165, 1.54) is 0 Å². The molecule has 0 saturated carbocycles. The van der Waals surface area contributed by atoms with E-state index in [0.29, 0.717) is 6.54 Å². The van der Waals surface area contributed by atoms with E-state index in [4.69, 9.17) is 0 Å². The summed E-state index contributed by atoms with van der Waals surface area (Å²) in [7, 11) is 0. The predicted molar refractivity (Wildman–Crippen MR) is 65.5 cm³/mol. The Bertz CT molecular complexity index is 617. The summed E-state index contributed by atoms with van der Waals surface area (Å²) in [6, 6.07) is 7.97. The van der Waals surface area contributed by atoms with E-state index in [1.807, 2.05) is 24.4 Å². The highest BCUT2D eigenvalue weighted by Crippen LogP contribution is 2.16. The van der Waals surface area contributed by atoms with Crippen molar-refractivity contribution in [3.63, 3.8) is 0 Å². The number of fused-ring (bicyclic) bond motifs is 1. The van der Waals surface area contributed by atoms with Gasteiger partial charge in [-0.25, -0.2) is 9.97 Å². The van der Waals surface area contributed by atoms with E-state index in [1.54, 1.807) is 12.5 Å². The van der Waals surface area contributed by atoms with Gasteiger partial charge in [-0.15, -0.1) is 0 Å². The van der Waals surface area contributed by atoms with Crippen LogP contribution in [-0.2, 0) is 6.54 Å². The monoisotopic (exact) mass is 225 g/mol. The summed E-state index contributed by atoms with van der Waals surface area (Å²) < 4.78 is 0. The summed E-state index contributed by atoms with van der Waals surface area (Å²) in [4.78, 5) is 8.04. The summed E-state index contributed by atoms with van der Waals surface area (Å²) in [6.45, 7) is 0.686. The largest absolute Gasteiger partial charge is 0.379 e. The Kier molecular flexibility index (Phi) is 2.42. The highest BCUT2D eigenvalue weighted by molar-refractivity contribution is 5.81. The van der Waals surface area contributed by atoms with E-state index in [2.05, 4.69) is 31.5 Å². The van der Waals surface area contributed by atoms with Gasteiger partial charge in [0.2, 0.25) is 0 Å². The lowest BCUT2D eigenvalue weighted by Crippen LogP contribution is -2.01. The van der Waals surface area contributed by atoms with Crippen molar-refractivity contribution in [2.75, 3.05) is 5.32 Å². The highest BCUT2D eigenvalue weighted by atomic mass is 15.1. The van der Waals surface area contributed by atoms with Crippen molar-refractivity contribution in [2.45, 2.75) is 6.54 Å². The average Bonchev–Trinajstić information content (AvgIpc) is 2.85. The molecule has 0 radical (unpaired) electrons. The lowest BCUT2D eigenvalue weighted by atomic mass is 10.2. The zero-order chi connectivity index (χ0) is 11.5. The van der Waals surface area contributed by atoms with Gasteiger partial charge in [-0.3, -0.25) is 5.10 Å². The predicted octanol–water partition coefficient (Wildman–Crippen LogP) is 1.96. The maximum Gasteiger partial charge on any atom is 0.115 e. The normalized spacial score (nSPS) is 10.6. The van der Waals surface area contributed by atoms with E-state index >= 15 is 0 Å². The lowest BCUT2D eigenvalue weighted by molar-refractivity contribution is 1.01. The molecular weight excluding hydrogens is 214 g/mol. The van der Waals surface area contributed by atoms with Crippen LogP contribution < -0.4 is 5.32 Å². The molecule has 2 aromatic heterocycles. The zero-order valence-corrected chi connectivity index (χ0v) is 9.09. The Morgan fingerprint density at radius 2 is 2.24 bits per heavy atom. The molecule has 3 rings (SSSR count). The lowest BCUT2D eigenvalue weighted by Gasteiger charge is -2.05. The van der Waals surface area contributed by atoms with E-state index < -0.39 is 0 Å². The molecule has 0 fully saturated rings. The molecule has 17 heavy (non-hydrogen) atoms. The van der Waals surface area contributed by atoms with Crippen molar-refractivity contribution in [1.82, 2.24) is 20.2 Å². The molecular formula is C12H11N5. The SMILES string of the molecule is c1cc(CNc2ccc3[nH]ncc3c2)ncn1. The van der Waals surface area contributed by atoms with Crippen LogP contribution in [0.4, 0.5) is 5.69 Å². The standard InChI is InChI=1S/C12H11N5/c1-2-12-9(6-16-17-12)5-10(1)14-7-11-3-4-13-8-15-11/h1-6,8,14H,7H2,(H,16,17).